The van der Waals surface area contributed by atoms with E-state index in [9.17, 15) is 4.79 Å². The number of anilines is 1. The van der Waals surface area contributed by atoms with E-state index in [1.54, 1.807) is 11.8 Å². The number of aryl methyl sites for hydroxylation is 3. The molecule has 0 saturated heterocycles. The first kappa shape index (κ1) is 19.5. The Labute approximate surface area is 174 Å². The van der Waals surface area contributed by atoms with Gasteiger partial charge in [0.2, 0.25) is 5.91 Å². The summed E-state index contributed by atoms with van der Waals surface area (Å²) in [5.74, 6) is 0.647. The van der Waals surface area contributed by atoms with Crippen molar-refractivity contribution in [1.29, 1.82) is 0 Å². The summed E-state index contributed by atoms with van der Waals surface area (Å²) in [5, 5.41) is 13.7. The highest BCUT2D eigenvalue weighted by atomic mass is 32.2. The number of aromatic nitrogens is 3. The maximum Gasteiger partial charge on any atom is 0.225 e. The molecular formula is C23H24N4OS. The van der Waals surface area contributed by atoms with Crippen LogP contribution in [0.1, 0.15) is 30.0 Å². The maximum atomic E-state index is 12.3. The van der Waals surface area contributed by atoms with Gasteiger partial charge in [0.05, 0.1) is 5.52 Å². The van der Waals surface area contributed by atoms with Gasteiger partial charge in [0.1, 0.15) is 0 Å². The lowest BCUT2D eigenvalue weighted by atomic mass is 10.1. The first-order valence-corrected chi connectivity index (χ1v) is 10.8. The van der Waals surface area contributed by atoms with Crippen LogP contribution in [0.4, 0.5) is 5.69 Å². The SMILES string of the molecule is CCc1ccc(NC(=O)CCSc2nnc3cc(C)c4cccc(C)c4n23)cc1. The molecule has 0 aliphatic heterocycles. The lowest BCUT2D eigenvalue weighted by molar-refractivity contribution is -0.115. The summed E-state index contributed by atoms with van der Waals surface area (Å²) in [7, 11) is 0. The van der Waals surface area contributed by atoms with Crippen molar-refractivity contribution in [2.75, 3.05) is 11.1 Å². The van der Waals surface area contributed by atoms with E-state index in [4.69, 9.17) is 0 Å². The molecule has 2 aromatic heterocycles. The Morgan fingerprint density at radius 2 is 1.86 bits per heavy atom. The van der Waals surface area contributed by atoms with Gasteiger partial charge in [-0.3, -0.25) is 9.20 Å². The molecule has 0 bridgehead atoms. The Morgan fingerprint density at radius 3 is 2.62 bits per heavy atom. The van der Waals surface area contributed by atoms with Crippen molar-refractivity contribution in [1.82, 2.24) is 14.6 Å². The van der Waals surface area contributed by atoms with Gasteiger partial charge in [-0.1, -0.05) is 49.0 Å². The van der Waals surface area contributed by atoms with Crippen LogP contribution >= 0.6 is 11.8 Å². The highest BCUT2D eigenvalue weighted by Gasteiger charge is 2.13. The van der Waals surface area contributed by atoms with Crippen molar-refractivity contribution in [3.05, 3.63) is 65.2 Å². The van der Waals surface area contributed by atoms with E-state index in [2.05, 4.69) is 65.0 Å². The fourth-order valence-corrected chi connectivity index (χ4v) is 4.39. The predicted octanol–water partition coefficient (Wildman–Crippen LogP) is 5.18. The Bertz CT molecular complexity index is 1180. The van der Waals surface area contributed by atoms with Gasteiger partial charge in [-0.15, -0.1) is 10.2 Å². The van der Waals surface area contributed by atoms with E-state index < -0.39 is 0 Å². The average molecular weight is 405 g/mol. The van der Waals surface area contributed by atoms with E-state index in [-0.39, 0.29) is 5.91 Å². The quantitative estimate of drug-likeness (QED) is 0.450. The van der Waals surface area contributed by atoms with Crippen molar-refractivity contribution in [3.8, 4) is 0 Å². The summed E-state index contributed by atoms with van der Waals surface area (Å²) in [6.45, 7) is 6.32. The highest BCUT2D eigenvalue weighted by Crippen LogP contribution is 2.28. The molecule has 2 aromatic carbocycles. The number of hydrogen-bond acceptors (Lipinski definition) is 4. The summed E-state index contributed by atoms with van der Waals surface area (Å²) < 4.78 is 2.10. The van der Waals surface area contributed by atoms with Gasteiger partial charge >= 0.3 is 0 Å². The van der Waals surface area contributed by atoms with Gasteiger partial charge in [0, 0.05) is 23.2 Å². The van der Waals surface area contributed by atoms with Crippen LogP contribution in [0, 0.1) is 13.8 Å². The molecule has 0 aliphatic carbocycles. The van der Waals surface area contributed by atoms with E-state index in [1.807, 2.05) is 24.3 Å². The molecule has 0 saturated carbocycles. The largest absolute Gasteiger partial charge is 0.326 e. The number of thioether (sulfide) groups is 1. The second kappa shape index (κ2) is 8.25. The Hall–Kier alpha value is -2.86. The smallest absolute Gasteiger partial charge is 0.225 e. The standard InChI is InChI=1S/C23H24N4OS/c1-4-17-8-10-18(11-9-17)24-21(28)12-13-29-23-26-25-20-14-16(3)19-7-5-6-15(2)22(19)27(20)23/h5-11,14H,4,12-13H2,1-3H3,(H,24,28). The zero-order valence-corrected chi connectivity index (χ0v) is 17.7. The number of hydrogen-bond donors (Lipinski definition) is 1. The molecule has 0 unspecified atom stereocenters. The molecule has 0 atom stereocenters. The van der Waals surface area contributed by atoms with Crippen LogP contribution in [0.3, 0.4) is 0 Å². The number of nitrogens with zero attached hydrogens (tertiary/aromatic N) is 3. The van der Waals surface area contributed by atoms with Crippen LogP contribution in [0.5, 0.6) is 0 Å². The number of benzene rings is 2. The number of carbonyl (C=O) groups is 1. The molecule has 1 amide bonds. The van der Waals surface area contributed by atoms with Gasteiger partial charge in [0.25, 0.3) is 0 Å². The predicted molar refractivity (Wildman–Crippen MR) is 120 cm³/mol. The molecule has 4 rings (SSSR count). The number of rotatable bonds is 6. The minimum atomic E-state index is 0.00690. The number of nitrogens with one attached hydrogen (secondary N) is 1. The first-order valence-electron chi connectivity index (χ1n) is 9.82. The fourth-order valence-electron chi connectivity index (χ4n) is 3.51. The zero-order valence-electron chi connectivity index (χ0n) is 16.9. The van der Waals surface area contributed by atoms with Crippen LogP contribution in [-0.4, -0.2) is 26.3 Å². The van der Waals surface area contributed by atoms with Crippen LogP contribution in [0.2, 0.25) is 0 Å². The molecule has 0 radical (unpaired) electrons. The number of carbonyl (C=O) groups excluding carboxylic acids is 1. The third-order valence-corrected chi connectivity index (χ3v) is 6.03. The Balaban J connectivity index is 1.48. The van der Waals surface area contributed by atoms with Crippen molar-refractivity contribution >= 4 is 39.9 Å². The van der Waals surface area contributed by atoms with Crippen LogP contribution in [0.15, 0.2) is 53.7 Å². The monoisotopic (exact) mass is 404 g/mol. The molecular weight excluding hydrogens is 380 g/mol. The van der Waals surface area contributed by atoms with Crippen molar-refractivity contribution in [2.24, 2.45) is 0 Å². The van der Waals surface area contributed by atoms with E-state index >= 15 is 0 Å². The maximum absolute atomic E-state index is 12.3. The summed E-state index contributed by atoms with van der Waals surface area (Å²) in [4.78, 5) is 12.3. The van der Waals surface area contributed by atoms with E-state index in [0.29, 0.717) is 12.2 Å². The number of pyridine rings is 1. The van der Waals surface area contributed by atoms with Crippen LogP contribution < -0.4 is 5.32 Å². The molecule has 0 spiro atoms. The van der Waals surface area contributed by atoms with E-state index in [1.165, 1.54) is 22.1 Å². The summed E-state index contributed by atoms with van der Waals surface area (Å²) in [6.07, 6.45) is 1.41. The van der Waals surface area contributed by atoms with Gasteiger partial charge in [-0.2, -0.15) is 0 Å². The molecule has 0 fully saturated rings. The number of fused-ring (bicyclic) bond motifs is 3. The second-order valence-corrected chi connectivity index (χ2v) is 8.23. The van der Waals surface area contributed by atoms with Gasteiger partial charge in [0.15, 0.2) is 10.8 Å². The second-order valence-electron chi connectivity index (χ2n) is 7.17. The van der Waals surface area contributed by atoms with E-state index in [0.717, 1.165) is 28.4 Å². The zero-order chi connectivity index (χ0) is 20.4. The number of para-hydroxylation sites is 1. The molecule has 5 nitrogen and oxygen atoms in total. The lowest BCUT2D eigenvalue weighted by Crippen LogP contribution is -2.12. The van der Waals surface area contributed by atoms with Crippen molar-refractivity contribution < 1.29 is 4.79 Å². The summed E-state index contributed by atoms with van der Waals surface area (Å²) >= 11 is 1.56. The fraction of sp³-hybridized carbons (Fsp3) is 0.261. The third kappa shape index (κ3) is 3.98. The molecule has 1 N–H and O–H groups in total. The van der Waals surface area contributed by atoms with Gasteiger partial charge < -0.3 is 5.32 Å². The molecule has 29 heavy (non-hydrogen) atoms. The Morgan fingerprint density at radius 1 is 1.07 bits per heavy atom. The summed E-state index contributed by atoms with van der Waals surface area (Å²) in [6, 6.07) is 16.4. The molecule has 4 aromatic rings. The Kier molecular flexibility index (Phi) is 5.53. The molecule has 0 aliphatic rings. The van der Waals surface area contributed by atoms with Crippen LogP contribution in [-0.2, 0) is 11.2 Å². The van der Waals surface area contributed by atoms with Crippen molar-refractivity contribution in [2.45, 2.75) is 38.8 Å². The molecule has 148 valence electrons. The first-order chi connectivity index (χ1) is 14.1. The third-order valence-electron chi connectivity index (χ3n) is 5.10. The van der Waals surface area contributed by atoms with Crippen molar-refractivity contribution in [3.63, 3.8) is 0 Å². The highest BCUT2D eigenvalue weighted by molar-refractivity contribution is 7.99. The molecule has 2 heterocycles. The number of amides is 1. The summed E-state index contributed by atoms with van der Waals surface area (Å²) in [5.41, 5.74) is 6.44. The average Bonchev–Trinajstić information content (AvgIpc) is 3.11. The normalized spacial score (nSPS) is 11.3. The molecule has 6 heteroatoms. The van der Waals surface area contributed by atoms with Gasteiger partial charge in [-0.25, -0.2) is 0 Å². The lowest BCUT2D eigenvalue weighted by Gasteiger charge is -2.10. The minimum absolute atomic E-state index is 0.00690. The minimum Gasteiger partial charge on any atom is -0.326 e. The van der Waals surface area contributed by atoms with Crippen LogP contribution in [0.25, 0.3) is 16.6 Å². The van der Waals surface area contributed by atoms with Gasteiger partial charge in [-0.05, 0) is 55.2 Å². The topological polar surface area (TPSA) is 59.3 Å².